The van der Waals surface area contributed by atoms with E-state index in [1.165, 1.54) is 0 Å². The summed E-state index contributed by atoms with van der Waals surface area (Å²) in [6, 6.07) is 0.450. The maximum atomic E-state index is 11.9. The first-order valence-electron chi connectivity index (χ1n) is 4.42. The number of hydrogen-bond donors (Lipinski definition) is 2. The Balaban J connectivity index is 2.22. The highest BCUT2D eigenvalue weighted by Gasteiger charge is 2.17. The van der Waals surface area contributed by atoms with Gasteiger partial charge in [-0.2, -0.15) is 0 Å². The average Bonchev–Trinajstić information content (AvgIpc) is 2.04. The van der Waals surface area contributed by atoms with Crippen LogP contribution in [0.4, 0.5) is 4.39 Å². The molecule has 0 aliphatic carbocycles. The van der Waals surface area contributed by atoms with Crippen molar-refractivity contribution < 1.29 is 9.50 Å². The fourth-order valence-electron chi connectivity index (χ4n) is 1.52. The molecular weight excluding hydrogens is 159 g/mol. The minimum absolute atomic E-state index is 0.450. The Kier molecular flexibility index (Phi) is 3.91. The standard InChI is InChI=1S/C8H17FN2O/c1-7-5-11(3-2-10-7)6-8(12)4-9/h7-8,10,12H,2-6H2,1H3/t7-,8?/m1/s1. The Morgan fingerprint density at radius 2 is 2.50 bits per heavy atom. The normalized spacial score (nSPS) is 28.8. The lowest BCUT2D eigenvalue weighted by Gasteiger charge is -2.32. The molecule has 0 saturated carbocycles. The zero-order valence-electron chi connectivity index (χ0n) is 7.46. The average molecular weight is 176 g/mol. The molecule has 1 heterocycles. The van der Waals surface area contributed by atoms with E-state index in [4.69, 9.17) is 5.11 Å². The van der Waals surface area contributed by atoms with Crippen LogP contribution in [0.25, 0.3) is 0 Å². The van der Waals surface area contributed by atoms with E-state index in [9.17, 15) is 4.39 Å². The third-order valence-electron chi connectivity index (χ3n) is 2.10. The van der Waals surface area contributed by atoms with Gasteiger partial charge in [-0.1, -0.05) is 0 Å². The molecule has 0 aromatic heterocycles. The predicted molar refractivity (Wildman–Crippen MR) is 45.9 cm³/mol. The maximum Gasteiger partial charge on any atom is 0.117 e. The summed E-state index contributed by atoms with van der Waals surface area (Å²) in [6.45, 7) is 4.65. The molecule has 1 rings (SSSR count). The third kappa shape index (κ3) is 3.05. The van der Waals surface area contributed by atoms with Crippen LogP contribution in [0.3, 0.4) is 0 Å². The van der Waals surface area contributed by atoms with Gasteiger partial charge in [-0.25, -0.2) is 4.39 Å². The molecule has 12 heavy (non-hydrogen) atoms. The summed E-state index contributed by atoms with van der Waals surface area (Å²) in [5, 5.41) is 12.3. The number of nitrogens with zero attached hydrogens (tertiary/aromatic N) is 1. The molecule has 0 aromatic carbocycles. The van der Waals surface area contributed by atoms with Crippen LogP contribution in [-0.2, 0) is 0 Å². The summed E-state index contributed by atoms with van der Waals surface area (Å²) in [4.78, 5) is 2.09. The van der Waals surface area contributed by atoms with Gasteiger partial charge in [0.2, 0.25) is 0 Å². The van der Waals surface area contributed by atoms with Crippen molar-refractivity contribution in [2.45, 2.75) is 19.1 Å². The SMILES string of the molecule is C[C@@H]1CN(CC(O)CF)CCN1. The summed E-state index contributed by atoms with van der Waals surface area (Å²) in [6.07, 6.45) is -0.810. The van der Waals surface area contributed by atoms with E-state index in [0.29, 0.717) is 12.6 Å². The summed E-state index contributed by atoms with van der Waals surface area (Å²) in [5.41, 5.74) is 0. The molecule has 0 spiro atoms. The van der Waals surface area contributed by atoms with Gasteiger partial charge in [-0.05, 0) is 6.92 Å². The first-order valence-corrected chi connectivity index (χ1v) is 4.42. The van der Waals surface area contributed by atoms with Crippen LogP contribution in [0.2, 0.25) is 0 Å². The summed E-state index contributed by atoms with van der Waals surface area (Å²) in [7, 11) is 0. The largest absolute Gasteiger partial charge is 0.389 e. The van der Waals surface area contributed by atoms with Crippen molar-refractivity contribution >= 4 is 0 Å². The molecular formula is C8H17FN2O. The Labute approximate surface area is 72.6 Å². The van der Waals surface area contributed by atoms with E-state index < -0.39 is 12.8 Å². The van der Waals surface area contributed by atoms with Crippen LogP contribution in [0.15, 0.2) is 0 Å². The zero-order chi connectivity index (χ0) is 8.97. The Bertz CT molecular complexity index is 134. The highest BCUT2D eigenvalue weighted by molar-refractivity contribution is 4.76. The predicted octanol–water partition coefficient (Wildman–Crippen LogP) is -0.389. The molecule has 1 unspecified atom stereocenters. The molecule has 0 aromatic rings. The second-order valence-electron chi connectivity index (χ2n) is 3.42. The third-order valence-corrected chi connectivity index (χ3v) is 2.10. The van der Waals surface area contributed by atoms with Crippen molar-refractivity contribution in [3.63, 3.8) is 0 Å². The molecule has 2 atom stereocenters. The van der Waals surface area contributed by atoms with Gasteiger partial charge in [0.15, 0.2) is 0 Å². The van der Waals surface area contributed by atoms with Gasteiger partial charge in [0.25, 0.3) is 0 Å². The fraction of sp³-hybridized carbons (Fsp3) is 1.00. The molecule has 0 radical (unpaired) electrons. The van der Waals surface area contributed by atoms with Gasteiger partial charge in [-0.3, -0.25) is 4.90 Å². The van der Waals surface area contributed by atoms with Gasteiger partial charge < -0.3 is 10.4 Å². The van der Waals surface area contributed by atoms with E-state index in [2.05, 4.69) is 17.1 Å². The molecule has 1 fully saturated rings. The molecule has 3 nitrogen and oxygen atoms in total. The summed E-state index contributed by atoms with van der Waals surface area (Å²) < 4.78 is 11.9. The number of alkyl halides is 1. The maximum absolute atomic E-state index is 11.9. The van der Waals surface area contributed by atoms with E-state index in [0.717, 1.165) is 19.6 Å². The van der Waals surface area contributed by atoms with E-state index in [1.54, 1.807) is 0 Å². The van der Waals surface area contributed by atoms with Gasteiger partial charge in [0.1, 0.15) is 6.67 Å². The molecule has 72 valence electrons. The van der Waals surface area contributed by atoms with E-state index in [1.807, 2.05) is 0 Å². The van der Waals surface area contributed by atoms with Gasteiger partial charge in [0.05, 0.1) is 6.10 Å². The minimum Gasteiger partial charge on any atom is -0.389 e. The van der Waals surface area contributed by atoms with Crippen molar-refractivity contribution in [2.75, 3.05) is 32.9 Å². The highest BCUT2D eigenvalue weighted by Crippen LogP contribution is 2.00. The molecule has 1 aliphatic rings. The van der Waals surface area contributed by atoms with Gasteiger partial charge in [0, 0.05) is 32.2 Å². The van der Waals surface area contributed by atoms with Gasteiger partial charge in [-0.15, -0.1) is 0 Å². The lowest BCUT2D eigenvalue weighted by atomic mass is 10.2. The fourth-order valence-corrected chi connectivity index (χ4v) is 1.52. The first-order chi connectivity index (χ1) is 5.72. The molecule has 4 heteroatoms. The van der Waals surface area contributed by atoms with Crippen molar-refractivity contribution in [1.82, 2.24) is 10.2 Å². The van der Waals surface area contributed by atoms with Crippen LogP contribution in [0.1, 0.15) is 6.92 Å². The van der Waals surface area contributed by atoms with E-state index in [-0.39, 0.29) is 0 Å². The Morgan fingerprint density at radius 3 is 3.08 bits per heavy atom. The zero-order valence-corrected chi connectivity index (χ0v) is 7.46. The number of aliphatic hydroxyl groups is 1. The number of nitrogens with one attached hydrogen (secondary N) is 1. The van der Waals surface area contributed by atoms with E-state index >= 15 is 0 Å². The lowest BCUT2D eigenvalue weighted by molar-refractivity contribution is 0.0773. The number of aliphatic hydroxyl groups excluding tert-OH is 1. The van der Waals surface area contributed by atoms with Crippen molar-refractivity contribution in [2.24, 2.45) is 0 Å². The quantitative estimate of drug-likeness (QED) is 0.615. The number of halogens is 1. The molecule has 0 bridgehead atoms. The molecule has 1 saturated heterocycles. The van der Waals surface area contributed by atoms with Crippen molar-refractivity contribution in [1.29, 1.82) is 0 Å². The first kappa shape index (κ1) is 9.89. The monoisotopic (exact) mass is 176 g/mol. The summed E-state index contributed by atoms with van der Waals surface area (Å²) >= 11 is 0. The van der Waals surface area contributed by atoms with Crippen LogP contribution >= 0.6 is 0 Å². The number of piperazine rings is 1. The minimum atomic E-state index is -0.810. The molecule has 1 aliphatic heterocycles. The topological polar surface area (TPSA) is 35.5 Å². The highest BCUT2D eigenvalue weighted by atomic mass is 19.1. The second-order valence-corrected chi connectivity index (χ2v) is 3.42. The Hall–Kier alpha value is -0.190. The van der Waals surface area contributed by atoms with Crippen molar-refractivity contribution in [3.8, 4) is 0 Å². The smallest absolute Gasteiger partial charge is 0.117 e. The lowest BCUT2D eigenvalue weighted by Crippen LogP contribution is -2.51. The number of β-amino-alcohol motifs (C(OH)–C–C–N with tert-alkyl or cyclic N) is 1. The van der Waals surface area contributed by atoms with Crippen LogP contribution in [-0.4, -0.2) is 55.0 Å². The summed E-state index contributed by atoms with van der Waals surface area (Å²) in [5.74, 6) is 0. The number of hydrogen-bond acceptors (Lipinski definition) is 3. The molecule has 0 amide bonds. The van der Waals surface area contributed by atoms with Crippen LogP contribution < -0.4 is 5.32 Å². The van der Waals surface area contributed by atoms with Crippen molar-refractivity contribution in [3.05, 3.63) is 0 Å². The molecule has 2 N–H and O–H groups in total. The number of rotatable bonds is 3. The van der Waals surface area contributed by atoms with Crippen LogP contribution in [0.5, 0.6) is 0 Å². The second kappa shape index (κ2) is 4.74. The van der Waals surface area contributed by atoms with Crippen LogP contribution in [0, 0.1) is 0 Å². The van der Waals surface area contributed by atoms with Gasteiger partial charge >= 0.3 is 0 Å². The Morgan fingerprint density at radius 1 is 1.75 bits per heavy atom.